The van der Waals surface area contributed by atoms with E-state index in [2.05, 4.69) is 24.0 Å². The van der Waals surface area contributed by atoms with Crippen molar-refractivity contribution >= 4 is 22.9 Å². The van der Waals surface area contributed by atoms with E-state index in [-0.39, 0.29) is 11.8 Å². The lowest BCUT2D eigenvalue weighted by molar-refractivity contribution is -0.137. The van der Waals surface area contributed by atoms with E-state index in [0.717, 1.165) is 49.2 Å². The molecular formula is C22H25F3N4OS. The van der Waals surface area contributed by atoms with Crippen molar-refractivity contribution in [3.05, 3.63) is 51.1 Å². The molecule has 1 amide bonds. The number of halogens is 3. The van der Waals surface area contributed by atoms with Crippen LogP contribution in [0.3, 0.4) is 0 Å². The molecule has 31 heavy (non-hydrogen) atoms. The number of nitrogens with zero attached hydrogens (tertiary/aromatic N) is 4. The van der Waals surface area contributed by atoms with Crippen molar-refractivity contribution in [3.8, 4) is 0 Å². The summed E-state index contributed by atoms with van der Waals surface area (Å²) < 4.78 is 40.9. The van der Waals surface area contributed by atoms with Crippen molar-refractivity contribution in [2.75, 3.05) is 13.1 Å². The first-order valence-corrected chi connectivity index (χ1v) is 11.5. The molecule has 5 nitrogen and oxygen atoms in total. The third-order valence-electron chi connectivity index (χ3n) is 5.80. The lowest BCUT2D eigenvalue weighted by Gasteiger charge is -2.31. The van der Waals surface area contributed by atoms with Crippen LogP contribution in [-0.4, -0.2) is 38.5 Å². The van der Waals surface area contributed by atoms with Crippen LogP contribution in [0.25, 0.3) is 5.65 Å². The molecule has 9 heteroatoms. The summed E-state index contributed by atoms with van der Waals surface area (Å²) in [6, 6.07) is 4.35. The molecule has 1 aliphatic rings. The Labute approximate surface area is 182 Å². The van der Waals surface area contributed by atoms with Crippen LogP contribution in [0, 0.1) is 0 Å². The zero-order valence-electron chi connectivity index (χ0n) is 17.6. The average Bonchev–Trinajstić information content (AvgIpc) is 3.36. The molecule has 0 aromatic carbocycles. The molecule has 1 saturated heterocycles. The molecule has 0 spiro atoms. The molecule has 4 heterocycles. The number of amides is 1. The number of fused-ring (bicyclic) bond motifs is 1. The lowest BCUT2D eigenvalue weighted by atomic mass is 9.97. The fraction of sp³-hybridized carbons (Fsp3) is 0.500. The molecule has 166 valence electrons. The van der Waals surface area contributed by atoms with Gasteiger partial charge in [-0.05, 0) is 49.4 Å². The summed E-state index contributed by atoms with van der Waals surface area (Å²) in [6.45, 7) is 5.29. The first-order chi connectivity index (χ1) is 14.8. The number of thiophene rings is 1. The molecule has 0 N–H and O–H groups in total. The van der Waals surface area contributed by atoms with Gasteiger partial charge in [-0.25, -0.2) is 0 Å². The second kappa shape index (κ2) is 8.61. The monoisotopic (exact) mass is 450 g/mol. The summed E-state index contributed by atoms with van der Waals surface area (Å²) in [5.74, 6) is 0.319. The molecule has 0 aliphatic carbocycles. The largest absolute Gasteiger partial charge is 0.417 e. The third kappa shape index (κ3) is 4.33. The first kappa shape index (κ1) is 21.8. The maximum Gasteiger partial charge on any atom is 0.417 e. The number of hydrogen-bond acceptors (Lipinski definition) is 4. The van der Waals surface area contributed by atoms with Gasteiger partial charge in [0.05, 0.1) is 10.4 Å². The van der Waals surface area contributed by atoms with Crippen LogP contribution in [-0.2, 0) is 19.0 Å². The molecular weight excluding hydrogens is 425 g/mol. The normalized spacial score (nSPS) is 17.5. The van der Waals surface area contributed by atoms with E-state index in [1.807, 2.05) is 11.0 Å². The molecule has 3 aromatic rings. The minimum absolute atomic E-state index is 0.00319. The summed E-state index contributed by atoms with van der Waals surface area (Å²) in [5.41, 5.74) is 0.868. The number of rotatable bonds is 5. The average molecular weight is 451 g/mol. The zero-order chi connectivity index (χ0) is 22.2. The van der Waals surface area contributed by atoms with E-state index >= 15 is 0 Å². The van der Waals surface area contributed by atoms with Gasteiger partial charge in [-0.1, -0.05) is 20.3 Å². The Hall–Kier alpha value is -2.42. The van der Waals surface area contributed by atoms with Crippen LogP contribution in [0.1, 0.15) is 70.5 Å². The molecule has 1 aliphatic heterocycles. The number of carbonyl (C=O) groups is 1. The summed E-state index contributed by atoms with van der Waals surface area (Å²) in [7, 11) is 0. The van der Waals surface area contributed by atoms with Crippen LogP contribution in [0.4, 0.5) is 13.2 Å². The van der Waals surface area contributed by atoms with Crippen LogP contribution in [0.2, 0.25) is 0 Å². The van der Waals surface area contributed by atoms with Crippen molar-refractivity contribution < 1.29 is 18.0 Å². The third-order valence-corrected chi connectivity index (χ3v) is 7.02. The molecule has 1 unspecified atom stereocenters. The fourth-order valence-corrected chi connectivity index (χ4v) is 5.52. The van der Waals surface area contributed by atoms with Gasteiger partial charge in [0.15, 0.2) is 5.65 Å². The SMILES string of the molecule is CCCc1sc(C(=O)N2CCCC(c3nnc4ccc(C(F)(F)F)cn34)C2)cc1CC. The highest BCUT2D eigenvalue weighted by molar-refractivity contribution is 7.14. The number of hydrogen-bond donors (Lipinski definition) is 0. The van der Waals surface area contributed by atoms with Crippen LogP contribution >= 0.6 is 11.3 Å². The summed E-state index contributed by atoms with van der Waals surface area (Å²) in [6.07, 6.45) is 1.05. The number of aryl methyl sites for hydroxylation is 2. The van der Waals surface area contributed by atoms with E-state index in [9.17, 15) is 18.0 Å². The maximum absolute atomic E-state index is 13.2. The Morgan fingerprint density at radius 2 is 2.06 bits per heavy atom. The Balaban J connectivity index is 1.58. The minimum atomic E-state index is -4.43. The zero-order valence-corrected chi connectivity index (χ0v) is 18.4. The van der Waals surface area contributed by atoms with Gasteiger partial charge in [0.25, 0.3) is 5.91 Å². The second-order valence-electron chi connectivity index (χ2n) is 7.95. The van der Waals surface area contributed by atoms with Gasteiger partial charge >= 0.3 is 6.18 Å². The molecule has 0 bridgehead atoms. The van der Waals surface area contributed by atoms with Crippen molar-refractivity contribution in [2.45, 2.75) is 58.0 Å². The predicted octanol–water partition coefficient (Wildman–Crippen LogP) is 5.34. The van der Waals surface area contributed by atoms with Gasteiger partial charge in [0, 0.05) is 30.1 Å². The number of aromatic nitrogens is 3. The van der Waals surface area contributed by atoms with E-state index in [0.29, 0.717) is 24.6 Å². The molecule has 1 fully saturated rings. The Morgan fingerprint density at radius 3 is 2.77 bits per heavy atom. The quantitative estimate of drug-likeness (QED) is 0.527. The highest BCUT2D eigenvalue weighted by Crippen LogP contribution is 2.32. The number of pyridine rings is 1. The van der Waals surface area contributed by atoms with Crippen molar-refractivity contribution in [3.63, 3.8) is 0 Å². The van der Waals surface area contributed by atoms with Gasteiger partial charge in [-0.15, -0.1) is 21.5 Å². The van der Waals surface area contributed by atoms with Crippen LogP contribution in [0.15, 0.2) is 24.4 Å². The minimum Gasteiger partial charge on any atom is -0.337 e. The highest BCUT2D eigenvalue weighted by atomic mass is 32.1. The number of alkyl halides is 3. The van der Waals surface area contributed by atoms with Gasteiger partial charge in [-0.2, -0.15) is 13.2 Å². The summed E-state index contributed by atoms with van der Waals surface area (Å²) >= 11 is 1.57. The van der Waals surface area contributed by atoms with Crippen molar-refractivity contribution in [2.24, 2.45) is 0 Å². The standard InChI is InChI=1S/C22H25F3N4OS/c1-3-6-17-14(4-2)11-18(31-17)21(30)28-10-5-7-15(12-28)20-27-26-19-9-8-16(13-29(19)20)22(23,24)25/h8-9,11,13,15H,3-7,10,12H2,1-2H3. The van der Waals surface area contributed by atoms with Crippen LogP contribution < -0.4 is 0 Å². The second-order valence-corrected chi connectivity index (χ2v) is 9.09. The summed E-state index contributed by atoms with van der Waals surface area (Å²) in [4.78, 5) is 17.0. The Bertz CT molecular complexity index is 1090. The van der Waals surface area contributed by atoms with Crippen molar-refractivity contribution in [1.82, 2.24) is 19.5 Å². The predicted molar refractivity (Wildman–Crippen MR) is 114 cm³/mol. The van der Waals surface area contributed by atoms with E-state index in [1.54, 1.807) is 11.3 Å². The molecule has 3 aromatic heterocycles. The van der Waals surface area contributed by atoms with E-state index in [4.69, 9.17) is 0 Å². The van der Waals surface area contributed by atoms with E-state index < -0.39 is 11.7 Å². The molecule has 0 saturated carbocycles. The molecule has 4 rings (SSSR count). The summed E-state index contributed by atoms with van der Waals surface area (Å²) in [5, 5.41) is 8.21. The van der Waals surface area contributed by atoms with Gasteiger partial charge in [0.1, 0.15) is 5.82 Å². The van der Waals surface area contributed by atoms with Gasteiger partial charge in [0.2, 0.25) is 0 Å². The molecule has 0 radical (unpaired) electrons. The topological polar surface area (TPSA) is 50.5 Å². The number of piperidine rings is 1. The van der Waals surface area contributed by atoms with Gasteiger partial charge < -0.3 is 4.90 Å². The number of likely N-dealkylation sites (tertiary alicyclic amines) is 1. The Morgan fingerprint density at radius 1 is 1.26 bits per heavy atom. The molecule has 1 atom stereocenters. The first-order valence-electron chi connectivity index (χ1n) is 10.6. The smallest absolute Gasteiger partial charge is 0.337 e. The highest BCUT2D eigenvalue weighted by Gasteiger charge is 2.33. The van der Waals surface area contributed by atoms with Crippen LogP contribution in [0.5, 0.6) is 0 Å². The van der Waals surface area contributed by atoms with Gasteiger partial charge in [-0.3, -0.25) is 9.20 Å². The van der Waals surface area contributed by atoms with Crippen molar-refractivity contribution in [1.29, 1.82) is 0 Å². The fourth-order valence-electron chi connectivity index (χ4n) is 4.19. The maximum atomic E-state index is 13.2. The Kier molecular flexibility index (Phi) is 6.05. The van der Waals surface area contributed by atoms with E-state index in [1.165, 1.54) is 20.9 Å². The lowest BCUT2D eigenvalue weighted by Crippen LogP contribution is -2.39. The number of carbonyl (C=O) groups excluding carboxylic acids is 1.